The first-order valence-electron chi connectivity index (χ1n) is 5.29. The van der Waals surface area contributed by atoms with Gasteiger partial charge in [0.25, 0.3) is 0 Å². The Labute approximate surface area is 114 Å². The number of phenols is 2. The monoisotopic (exact) mass is 300 g/mol. The number of ether oxygens (including phenoxy) is 1. The summed E-state index contributed by atoms with van der Waals surface area (Å²) in [5.41, 5.74) is 0. The summed E-state index contributed by atoms with van der Waals surface area (Å²) in [7, 11) is -4.64. The summed E-state index contributed by atoms with van der Waals surface area (Å²) in [6.45, 7) is 0. The fraction of sp³-hybridized carbons (Fsp3) is 0. The molecule has 1 aliphatic heterocycles. The molecule has 20 heavy (non-hydrogen) atoms. The van der Waals surface area contributed by atoms with Crippen LogP contribution in [0, 0.1) is 0 Å². The average Bonchev–Trinajstić information content (AvgIpc) is 3.11. The molecule has 0 bridgehead atoms. The zero-order chi connectivity index (χ0) is 15.2. The molecule has 5 N–H and O–H groups in total. The summed E-state index contributed by atoms with van der Waals surface area (Å²) >= 11 is 0. The number of phenolic OH excluding ortho intramolecular Hbond substituents is 2. The van der Waals surface area contributed by atoms with Gasteiger partial charge in [0.1, 0.15) is 11.5 Å². The number of phosphoric acid groups is 1. The van der Waals surface area contributed by atoms with Gasteiger partial charge in [-0.15, -0.1) is 0 Å². The van der Waals surface area contributed by atoms with E-state index in [2.05, 4.69) is 0 Å². The zero-order valence-electron chi connectivity index (χ0n) is 10.1. The van der Waals surface area contributed by atoms with Crippen molar-refractivity contribution < 1.29 is 34.2 Å². The van der Waals surface area contributed by atoms with Crippen LogP contribution in [0.15, 0.2) is 48.5 Å². The van der Waals surface area contributed by atoms with E-state index >= 15 is 0 Å². The highest BCUT2D eigenvalue weighted by Crippen LogP contribution is 2.43. The van der Waals surface area contributed by atoms with Gasteiger partial charge in [-0.25, -0.2) is 4.57 Å². The molecule has 0 fully saturated rings. The van der Waals surface area contributed by atoms with Gasteiger partial charge >= 0.3 is 7.82 Å². The van der Waals surface area contributed by atoms with E-state index in [0.29, 0.717) is 0 Å². The number of aromatic hydroxyl groups is 2. The summed E-state index contributed by atoms with van der Waals surface area (Å²) in [4.78, 5) is 21.6. The Balaban J connectivity index is 0.000000155. The van der Waals surface area contributed by atoms with Crippen molar-refractivity contribution in [1.82, 2.24) is 0 Å². The molecule has 7 nitrogen and oxygen atoms in total. The van der Waals surface area contributed by atoms with E-state index in [4.69, 9.17) is 34.2 Å². The second-order valence-electron chi connectivity index (χ2n) is 3.58. The first-order chi connectivity index (χ1) is 9.25. The predicted octanol–water partition coefficient (Wildman–Crippen LogP) is 1.96. The topological polar surface area (TPSA) is 131 Å². The molecule has 3 rings (SSSR count). The van der Waals surface area contributed by atoms with E-state index in [0.717, 1.165) is 11.5 Å². The van der Waals surface area contributed by atoms with Crippen LogP contribution in [0.2, 0.25) is 0 Å². The average molecular weight is 300 g/mol. The fourth-order valence-electron chi connectivity index (χ4n) is 1.06. The van der Waals surface area contributed by atoms with E-state index in [1.807, 2.05) is 24.3 Å². The Kier molecular flexibility index (Phi) is 5.54. The standard InChI is InChI=1S/C6H6O2.C6H4O.H3O4P/c7-5-1-2-6(8)4-3-5;1-2-4-6-5(3-1)7-6;1-5(2,3)4/h1-4,7-8H;1-4H;(H3,1,2,3,4). The Hall–Kier alpha value is -2.05. The van der Waals surface area contributed by atoms with E-state index in [1.165, 1.54) is 24.3 Å². The molecule has 2 aromatic carbocycles. The third-order valence-corrected chi connectivity index (χ3v) is 1.88. The number of rotatable bonds is 0. The molecular formula is C12H13O7P. The quantitative estimate of drug-likeness (QED) is 0.243. The van der Waals surface area contributed by atoms with Gasteiger partial charge in [-0.05, 0) is 36.4 Å². The predicted molar refractivity (Wildman–Crippen MR) is 70.6 cm³/mol. The number of benzene rings is 2. The van der Waals surface area contributed by atoms with Gasteiger partial charge in [0.15, 0.2) is 11.5 Å². The van der Waals surface area contributed by atoms with Crippen LogP contribution in [0.3, 0.4) is 0 Å². The molecule has 1 aliphatic rings. The third-order valence-electron chi connectivity index (χ3n) is 1.88. The first kappa shape index (κ1) is 16.0. The Bertz CT molecular complexity index is 541. The van der Waals surface area contributed by atoms with Crippen molar-refractivity contribution in [3.05, 3.63) is 48.5 Å². The van der Waals surface area contributed by atoms with Crippen molar-refractivity contribution in [3.63, 3.8) is 0 Å². The molecule has 1 heterocycles. The third kappa shape index (κ3) is 8.12. The van der Waals surface area contributed by atoms with Gasteiger partial charge in [-0.3, -0.25) is 0 Å². The molecule has 8 heteroatoms. The second kappa shape index (κ2) is 6.93. The van der Waals surface area contributed by atoms with Crippen LogP contribution >= 0.6 is 7.82 Å². The minimum absolute atomic E-state index is 0.169. The number of hydrogen-bond donors (Lipinski definition) is 5. The van der Waals surface area contributed by atoms with Crippen LogP contribution in [0.4, 0.5) is 0 Å². The lowest BCUT2D eigenvalue weighted by Gasteiger charge is -1.88. The minimum atomic E-state index is -4.64. The number of para-hydroxylation sites is 2. The van der Waals surface area contributed by atoms with Crippen LogP contribution in [-0.4, -0.2) is 24.9 Å². The molecule has 0 radical (unpaired) electrons. The van der Waals surface area contributed by atoms with Crippen LogP contribution < -0.4 is 4.74 Å². The number of hydrogen-bond acceptors (Lipinski definition) is 4. The molecule has 2 aromatic rings. The van der Waals surface area contributed by atoms with Crippen molar-refractivity contribution in [3.8, 4) is 23.0 Å². The van der Waals surface area contributed by atoms with Crippen molar-refractivity contribution in [2.75, 3.05) is 0 Å². The molecule has 0 saturated heterocycles. The summed E-state index contributed by atoms with van der Waals surface area (Å²) < 4.78 is 13.8. The van der Waals surface area contributed by atoms with Gasteiger partial charge in [-0.2, -0.15) is 0 Å². The van der Waals surface area contributed by atoms with E-state index in [9.17, 15) is 0 Å². The Morgan fingerprint density at radius 3 is 1.30 bits per heavy atom. The molecule has 0 aliphatic carbocycles. The highest BCUT2D eigenvalue weighted by molar-refractivity contribution is 7.45. The Morgan fingerprint density at radius 1 is 0.750 bits per heavy atom. The van der Waals surface area contributed by atoms with Gasteiger partial charge in [0.05, 0.1) is 0 Å². The van der Waals surface area contributed by atoms with E-state index in [-0.39, 0.29) is 11.5 Å². The highest BCUT2D eigenvalue weighted by atomic mass is 31.2. The molecule has 0 atom stereocenters. The van der Waals surface area contributed by atoms with Gasteiger partial charge in [0, 0.05) is 0 Å². The summed E-state index contributed by atoms with van der Waals surface area (Å²) in [6, 6.07) is 13.5. The van der Waals surface area contributed by atoms with Crippen LogP contribution in [-0.2, 0) is 4.57 Å². The lowest BCUT2D eigenvalue weighted by atomic mass is 10.3. The molecule has 0 unspecified atom stereocenters. The largest absolute Gasteiger partial charge is 0.508 e. The lowest BCUT2D eigenvalue weighted by molar-refractivity contribution is 0.275. The fourth-order valence-corrected chi connectivity index (χ4v) is 1.06. The molecule has 0 amide bonds. The molecule has 0 aromatic heterocycles. The maximum absolute atomic E-state index is 8.88. The number of fused-ring (bicyclic) bond motifs is 1. The maximum Gasteiger partial charge on any atom is 0.466 e. The summed E-state index contributed by atoms with van der Waals surface area (Å²) in [6.07, 6.45) is 0. The highest BCUT2D eigenvalue weighted by Gasteiger charge is 2.15. The minimum Gasteiger partial charge on any atom is -0.508 e. The summed E-state index contributed by atoms with van der Waals surface area (Å²) in [5.74, 6) is 2.40. The van der Waals surface area contributed by atoms with Crippen LogP contribution in [0.1, 0.15) is 0 Å². The lowest BCUT2D eigenvalue weighted by Crippen LogP contribution is -1.66. The van der Waals surface area contributed by atoms with E-state index in [1.54, 1.807) is 0 Å². The second-order valence-corrected chi connectivity index (χ2v) is 4.61. The SMILES string of the molecule is O=P(O)(O)O.Oc1ccc(O)cc1.c1ccc2c(c1)O2. The molecule has 108 valence electrons. The van der Waals surface area contributed by atoms with Gasteiger partial charge in [0.2, 0.25) is 0 Å². The van der Waals surface area contributed by atoms with Crippen molar-refractivity contribution in [1.29, 1.82) is 0 Å². The normalized spacial score (nSPS) is 10.8. The van der Waals surface area contributed by atoms with Crippen molar-refractivity contribution in [2.24, 2.45) is 0 Å². The zero-order valence-corrected chi connectivity index (χ0v) is 11.0. The van der Waals surface area contributed by atoms with Crippen LogP contribution in [0.5, 0.6) is 23.0 Å². The molecule has 0 saturated carbocycles. The molecular weight excluding hydrogens is 287 g/mol. The smallest absolute Gasteiger partial charge is 0.466 e. The van der Waals surface area contributed by atoms with Crippen LogP contribution in [0.25, 0.3) is 0 Å². The maximum atomic E-state index is 8.88. The van der Waals surface area contributed by atoms with E-state index < -0.39 is 7.82 Å². The first-order valence-corrected chi connectivity index (χ1v) is 6.85. The summed E-state index contributed by atoms with van der Waals surface area (Å²) in [5, 5.41) is 17.3. The molecule has 0 spiro atoms. The van der Waals surface area contributed by atoms with Crippen molar-refractivity contribution in [2.45, 2.75) is 0 Å². The van der Waals surface area contributed by atoms with Gasteiger partial charge in [-0.1, -0.05) is 12.1 Å². The Morgan fingerprint density at radius 2 is 1.05 bits per heavy atom. The van der Waals surface area contributed by atoms with Gasteiger partial charge < -0.3 is 29.6 Å². The van der Waals surface area contributed by atoms with Crippen molar-refractivity contribution >= 4 is 7.82 Å².